The maximum atomic E-state index is 12.8. The van der Waals surface area contributed by atoms with Gasteiger partial charge in [0.25, 0.3) is 5.88 Å². The molecular weight excluding hydrogens is 277 g/mol. The third-order valence-electron chi connectivity index (χ3n) is 3.34. The van der Waals surface area contributed by atoms with Crippen LogP contribution in [0, 0.1) is 0 Å². The van der Waals surface area contributed by atoms with Gasteiger partial charge in [0.05, 0.1) is 6.20 Å². The lowest BCUT2D eigenvalue weighted by molar-refractivity contribution is 0.0750. The highest BCUT2D eigenvalue weighted by atomic mass is 28.3. The van der Waals surface area contributed by atoms with Gasteiger partial charge in [0, 0.05) is 14.7 Å². The lowest BCUT2D eigenvalue weighted by atomic mass is 10.4. The minimum absolute atomic E-state index is 0.314. The van der Waals surface area contributed by atoms with E-state index in [1.807, 2.05) is 0 Å². The second kappa shape index (κ2) is 5.73. The van der Waals surface area contributed by atoms with Crippen LogP contribution in [0.5, 0.6) is 5.88 Å². The van der Waals surface area contributed by atoms with Gasteiger partial charge in [-0.3, -0.25) is 0 Å². The number of rotatable bonds is 8. The Balaban J connectivity index is 1.82. The number of nitrogens with two attached hydrogens (primary N) is 1. The van der Waals surface area contributed by atoms with Crippen molar-refractivity contribution in [2.45, 2.75) is 50.9 Å². The minimum Gasteiger partial charge on any atom is -0.466 e. The van der Waals surface area contributed by atoms with E-state index in [0.29, 0.717) is 18.3 Å². The number of nitrogens with zero attached hydrogens (tertiary/aromatic N) is 2. The Bertz CT molecular complexity index is 455. The molecule has 0 aliphatic heterocycles. The third-order valence-corrected chi connectivity index (χ3v) is 5.04. The van der Waals surface area contributed by atoms with Crippen molar-refractivity contribution in [2.24, 2.45) is 0 Å². The molecule has 0 atom stereocenters. The van der Waals surface area contributed by atoms with Crippen LogP contribution in [0.3, 0.4) is 0 Å². The predicted octanol–water partition coefficient (Wildman–Crippen LogP) is 2.66. The molecule has 1 saturated carbocycles. The fraction of sp³-hybridized carbons (Fsp3) is 0.769. The summed E-state index contributed by atoms with van der Waals surface area (Å²) in [6.45, 7) is 7.49. The number of anilines is 1. The first-order valence-corrected chi connectivity index (χ1v) is 10.7. The molecule has 0 aromatic carbocycles. The lowest BCUT2D eigenvalue weighted by Gasteiger charge is -2.15. The fourth-order valence-corrected chi connectivity index (χ4v) is 2.47. The summed E-state index contributed by atoms with van der Waals surface area (Å²) in [5.41, 5.74) is 5.58. The van der Waals surface area contributed by atoms with Gasteiger partial charge in [-0.15, -0.1) is 5.10 Å². The van der Waals surface area contributed by atoms with E-state index in [1.54, 1.807) is 10.9 Å². The zero-order valence-corrected chi connectivity index (χ0v) is 13.5. The monoisotopic (exact) mass is 301 g/mol. The van der Waals surface area contributed by atoms with Crippen LogP contribution in [0.1, 0.15) is 12.8 Å². The van der Waals surface area contributed by atoms with Gasteiger partial charge in [-0.05, 0) is 18.9 Å². The van der Waals surface area contributed by atoms with E-state index >= 15 is 0 Å². The summed E-state index contributed by atoms with van der Waals surface area (Å²) in [5.74, 6) is 0.314. The van der Waals surface area contributed by atoms with Crippen LogP contribution in [0.15, 0.2) is 6.20 Å². The summed E-state index contributed by atoms with van der Waals surface area (Å²) in [6.07, 6.45) is 3.11. The van der Waals surface area contributed by atoms with Crippen molar-refractivity contribution >= 4 is 13.8 Å². The molecule has 0 radical (unpaired) electrons. The summed E-state index contributed by atoms with van der Waals surface area (Å²) in [6, 6.07) is 1.11. The molecule has 1 heterocycles. The molecule has 7 heteroatoms. The summed E-state index contributed by atoms with van der Waals surface area (Å²) < 4.78 is 25.5. The Labute approximate surface area is 120 Å². The largest absolute Gasteiger partial charge is 0.466 e. The van der Waals surface area contributed by atoms with Crippen LogP contribution in [-0.4, -0.2) is 36.7 Å². The summed E-state index contributed by atoms with van der Waals surface area (Å²) in [4.78, 5) is 0. The maximum Gasteiger partial charge on any atom is 0.257 e. The van der Waals surface area contributed by atoms with Gasteiger partial charge in [0.15, 0.2) is 0 Å². The van der Waals surface area contributed by atoms with Gasteiger partial charge >= 0.3 is 0 Å². The number of halogens is 1. The quantitative estimate of drug-likeness (QED) is 0.592. The molecule has 2 rings (SSSR count). The van der Waals surface area contributed by atoms with Crippen LogP contribution >= 0.6 is 0 Å². The lowest BCUT2D eigenvalue weighted by Crippen LogP contribution is -2.22. The first-order valence-electron chi connectivity index (χ1n) is 6.99. The van der Waals surface area contributed by atoms with Crippen molar-refractivity contribution in [2.75, 3.05) is 19.0 Å². The zero-order valence-electron chi connectivity index (χ0n) is 12.5. The van der Waals surface area contributed by atoms with Crippen LogP contribution in [0.25, 0.3) is 0 Å². The number of ether oxygens (including phenoxy) is 2. The van der Waals surface area contributed by atoms with Crippen molar-refractivity contribution < 1.29 is 13.9 Å². The Hall–Kier alpha value is -1.08. The molecule has 0 bridgehead atoms. The predicted molar refractivity (Wildman–Crippen MR) is 79.3 cm³/mol. The molecule has 1 fully saturated rings. The molecule has 1 aromatic rings. The van der Waals surface area contributed by atoms with E-state index in [9.17, 15) is 4.39 Å². The van der Waals surface area contributed by atoms with Crippen LogP contribution in [0.2, 0.25) is 25.7 Å². The molecule has 1 aliphatic rings. The van der Waals surface area contributed by atoms with Crippen LogP contribution < -0.4 is 10.5 Å². The average Bonchev–Trinajstić information content (AvgIpc) is 3.04. The van der Waals surface area contributed by atoms with Gasteiger partial charge in [-0.1, -0.05) is 19.6 Å². The smallest absolute Gasteiger partial charge is 0.257 e. The normalized spacial score (nSPS) is 17.2. The Morgan fingerprint density at radius 3 is 2.70 bits per heavy atom. The molecule has 114 valence electrons. The maximum absolute atomic E-state index is 12.8. The Morgan fingerprint density at radius 2 is 2.15 bits per heavy atom. The van der Waals surface area contributed by atoms with Crippen molar-refractivity contribution in [1.29, 1.82) is 0 Å². The molecule has 20 heavy (non-hydrogen) atoms. The summed E-state index contributed by atoms with van der Waals surface area (Å²) in [7, 11) is -1.08. The number of hydrogen-bond donors (Lipinski definition) is 1. The molecule has 1 aliphatic carbocycles. The van der Waals surface area contributed by atoms with E-state index in [4.69, 9.17) is 15.2 Å². The molecule has 1 aromatic heterocycles. The van der Waals surface area contributed by atoms with Gasteiger partial charge in [0.1, 0.15) is 24.7 Å². The minimum atomic E-state index is -1.08. The first kappa shape index (κ1) is 15.3. The highest BCUT2D eigenvalue weighted by Gasteiger charge is 2.46. The van der Waals surface area contributed by atoms with Crippen molar-refractivity contribution in [3.8, 4) is 5.88 Å². The number of alkyl halides is 1. The molecule has 0 saturated heterocycles. The molecule has 0 amide bonds. The molecule has 0 unspecified atom stereocenters. The van der Waals surface area contributed by atoms with Crippen molar-refractivity contribution in [3.05, 3.63) is 6.20 Å². The fourth-order valence-electron chi connectivity index (χ4n) is 1.71. The van der Waals surface area contributed by atoms with Crippen molar-refractivity contribution in [3.63, 3.8) is 0 Å². The zero-order chi connectivity index (χ0) is 14.8. The molecule has 2 N–H and O–H groups in total. The van der Waals surface area contributed by atoms with E-state index in [-0.39, 0.29) is 0 Å². The number of nitrogen functional groups attached to an aromatic ring is 1. The van der Waals surface area contributed by atoms with E-state index in [0.717, 1.165) is 25.5 Å². The Kier molecular flexibility index (Phi) is 4.39. The van der Waals surface area contributed by atoms with Gasteiger partial charge in [-0.2, -0.15) is 0 Å². The van der Waals surface area contributed by atoms with E-state index in [2.05, 4.69) is 24.7 Å². The topological polar surface area (TPSA) is 62.3 Å². The highest BCUT2D eigenvalue weighted by molar-refractivity contribution is 6.76. The van der Waals surface area contributed by atoms with Crippen LogP contribution in [-0.2, 0) is 11.5 Å². The van der Waals surface area contributed by atoms with Gasteiger partial charge in [0.2, 0.25) is 0 Å². The number of aromatic nitrogens is 2. The second-order valence-electron chi connectivity index (χ2n) is 6.70. The van der Waals surface area contributed by atoms with E-state index in [1.165, 1.54) is 0 Å². The first-order chi connectivity index (χ1) is 9.34. The van der Waals surface area contributed by atoms with Gasteiger partial charge in [-0.25, -0.2) is 9.07 Å². The summed E-state index contributed by atoms with van der Waals surface area (Å²) in [5, 5.41) is 4.21. The standard InChI is InChI=1S/C13H24FN3O2Si/c1-20(2,3)7-6-18-10-17-8-11(15)12(16-17)19-13(9-14)4-5-13/h8H,4-7,9-10,15H2,1-3H3. The van der Waals surface area contributed by atoms with Gasteiger partial charge < -0.3 is 15.2 Å². The highest BCUT2D eigenvalue weighted by Crippen LogP contribution is 2.41. The third kappa shape index (κ3) is 4.21. The molecule has 5 nitrogen and oxygen atoms in total. The average molecular weight is 301 g/mol. The molecule has 0 spiro atoms. The van der Waals surface area contributed by atoms with Crippen molar-refractivity contribution in [1.82, 2.24) is 9.78 Å². The SMILES string of the molecule is C[Si](C)(C)CCOCn1cc(N)c(OC2(CF)CC2)n1. The number of hydrogen-bond acceptors (Lipinski definition) is 4. The second-order valence-corrected chi connectivity index (χ2v) is 12.3. The Morgan fingerprint density at radius 1 is 1.45 bits per heavy atom. The van der Waals surface area contributed by atoms with Crippen LogP contribution in [0.4, 0.5) is 10.1 Å². The van der Waals surface area contributed by atoms with E-state index < -0.39 is 20.3 Å². The molecular formula is C13H24FN3O2Si. The summed E-state index contributed by atoms with van der Waals surface area (Å²) >= 11 is 0.